The lowest BCUT2D eigenvalue weighted by molar-refractivity contribution is -0.426. The quantitative estimate of drug-likeness (QED) is 0.192. The van der Waals surface area contributed by atoms with Crippen molar-refractivity contribution in [1.29, 1.82) is 0 Å². The molecule has 216 valence electrons. The van der Waals surface area contributed by atoms with Crippen LogP contribution in [0.3, 0.4) is 0 Å². The van der Waals surface area contributed by atoms with E-state index in [1.165, 1.54) is 0 Å². The Hall–Kier alpha value is 0.860. The molecular weight excluding hydrogens is 638 g/mol. The van der Waals surface area contributed by atoms with Crippen LogP contribution in [-0.4, -0.2) is 47.6 Å². The first kappa shape index (κ1) is 34.9. The Morgan fingerprint density at radius 3 is 1.03 bits per heavy atom. The Balaban J connectivity index is 3.85. The average Bonchev–Trinajstić information content (AvgIpc) is 2.51. The van der Waals surface area contributed by atoms with E-state index < -0.39 is 89.4 Å². The van der Waals surface area contributed by atoms with Gasteiger partial charge in [-0.15, -0.1) is 0 Å². The van der Waals surface area contributed by atoms with E-state index in [9.17, 15) is 86.7 Å². The van der Waals surface area contributed by atoms with Crippen LogP contribution in [-0.2, 0) is 45.4 Å². The summed E-state index contributed by atoms with van der Waals surface area (Å²) >= 11 is 0. The van der Waals surface area contributed by atoms with Gasteiger partial charge in [0.25, 0.3) is 0 Å². The van der Waals surface area contributed by atoms with Crippen molar-refractivity contribution in [3.8, 4) is 0 Å². The minimum atomic E-state index is -6.58. The molecule has 0 bridgehead atoms. The standard InChI is InChI=1S/C7H20O23P6/c8-2-3(27-33(14,15)16)5(29-35(20,21)22)7(26-32(12,13)1-31(9,10)11)6(30-36(23,24)25)4(2)28-34(17,18)19/h2-8H,1H2,(H,12,13)(H2,9,10,11)(H2,14,15,16)(H2,17,18,19)(H2,20,21,22)(H2,23,24,25)/p-11/t2?,3-,4+,5+,6-,7?. The third-order valence-electron chi connectivity index (χ3n) is 3.60. The first-order chi connectivity index (χ1) is 15.6. The highest BCUT2D eigenvalue weighted by atomic mass is 31.3. The van der Waals surface area contributed by atoms with Crippen molar-refractivity contribution < 1.29 is 109 Å². The molecule has 29 heteroatoms. The summed E-state index contributed by atoms with van der Waals surface area (Å²) in [5.74, 6) is -2.53. The van der Waals surface area contributed by atoms with E-state index in [4.69, 9.17) is 0 Å². The molecule has 0 aromatic heterocycles. The second kappa shape index (κ2) is 11.8. The van der Waals surface area contributed by atoms with Gasteiger partial charge in [0.15, 0.2) is 7.60 Å². The molecule has 3 unspecified atom stereocenters. The zero-order chi connectivity index (χ0) is 28.7. The second-order valence-electron chi connectivity index (χ2n) is 6.49. The maximum atomic E-state index is 12.0. The van der Waals surface area contributed by atoms with Crippen LogP contribution in [0, 0.1) is 0 Å². The molecule has 1 aliphatic carbocycles. The number of phosphoric ester groups is 4. The van der Waals surface area contributed by atoms with E-state index in [2.05, 4.69) is 22.6 Å². The molecule has 0 heterocycles. The van der Waals surface area contributed by atoms with Gasteiger partial charge in [-0.25, -0.2) is 0 Å². The summed E-state index contributed by atoms with van der Waals surface area (Å²) in [6, 6.07) is 0. The van der Waals surface area contributed by atoms with Gasteiger partial charge in [-0.2, -0.15) is 7.94 Å². The summed E-state index contributed by atoms with van der Waals surface area (Å²) in [6.07, 6.45) is -20.2. The Bertz CT molecular complexity index is 935. The van der Waals surface area contributed by atoms with Crippen molar-refractivity contribution in [3.05, 3.63) is 0 Å². The third kappa shape index (κ3) is 12.8. The molecule has 23 nitrogen and oxygen atoms in total. The van der Waals surface area contributed by atoms with E-state index >= 15 is 0 Å². The highest BCUT2D eigenvalue weighted by molar-refractivity contribution is 7.70. The Labute approximate surface area is 199 Å². The van der Waals surface area contributed by atoms with Crippen LogP contribution >= 0.6 is 46.8 Å². The van der Waals surface area contributed by atoms with Gasteiger partial charge in [-0.3, -0.25) is 0 Å². The molecule has 7 atom stereocenters. The van der Waals surface area contributed by atoms with Crippen molar-refractivity contribution in [2.45, 2.75) is 36.6 Å². The normalized spacial score (nSPS) is 30.7. The van der Waals surface area contributed by atoms with Gasteiger partial charge in [0.05, 0.1) is 31.3 Å². The largest absolute Gasteiger partial charge is 0.790 e. The van der Waals surface area contributed by atoms with Gasteiger partial charge in [-0.1, -0.05) is 0 Å². The molecule has 0 radical (unpaired) electrons. The third-order valence-corrected chi connectivity index (χ3v) is 8.94. The summed E-state index contributed by atoms with van der Waals surface area (Å²) in [6.45, 7) is 0. The van der Waals surface area contributed by atoms with Crippen molar-refractivity contribution in [2.24, 2.45) is 0 Å². The highest BCUT2D eigenvalue weighted by Crippen LogP contribution is 2.55. The van der Waals surface area contributed by atoms with Crippen LogP contribution in [0.25, 0.3) is 0 Å². The Morgan fingerprint density at radius 2 is 0.778 bits per heavy atom. The molecule has 0 aromatic carbocycles. The van der Waals surface area contributed by atoms with Crippen molar-refractivity contribution >= 4 is 46.8 Å². The highest BCUT2D eigenvalue weighted by Gasteiger charge is 2.56. The van der Waals surface area contributed by atoms with Gasteiger partial charge in [0.2, 0.25) is 0 Å². The van der Waals surface area contributed by atoms with Crippen molar-refractivity contribution in [1.82, 2.24) is 0 Å². The average molecular weight is 647 g/mol. The first-order valence-electron chi connectivity index (χ1n) is 8.09. The minimum Gasteiger partial charge on any atom is -0.790 e. The fourth-order valence-corrected chi connectivity index (χ4v) is 7.50. The lowest BCUT2D eigenvalue weighted by atomic mass is 9.85. The zero-order valence-electron chi connectivity index (χ0n) is 16.3. The number of aliphatic hydroxyl groups is 1. The molecule has 0 aromatic rings. The maximum absolute atomic E-state index is 12.0. The van der Waals surface area contributed by atoms with E-state index in [1.54, 1.807) is 0 Å². The summed E-state index contributed by atoms with van der Waals surface area (Å²) < 4.78 is 75.1. The monoisotopic (exact) mass is 647 g/mol. The lowest BCUT2D eigenvalue weighted by Gasteiger charge is -2.55. The van der Waals surface area contributed by atoms with Crippen LogP contribution in [0.2, 0.25) is 0 Å². The fraction of sp³-hybridized carbons (Fsp3) is 1.00. The molecule has 1 N–H and O–H groups in total. The van der Waals surface area contributed by atoms with Crippen molar-refractivity contribution in [2.75, 3.05) is 5.90 Å². The molecule has 1 rings (SSSR count). The van der Waals surface area contributed by atoms with Gasteiger partial charge >= 0.3 is 0 Å². The van der Waals surface area contributed by atoms with Crippen LogP contribution in [0.5, 0.6) is 0 Å². The SMILES string of the molecule is O=P([O-])([O-])O[C@@H]1C(O)[C@H](OP(=O)([O-])[O-])[C@@H](OP(=O)([O-])[O-])C(OP(=O)([O-])C[P+]([O-])([O-])[O-])[C@H]1OP(=O)([O-])[O-]. The van der Waals surface area contributed by atoms with E-state index in [0.29, 0.717) is 0 Å². The topological polar surface area (TPSA) is 428 Å². The van der Waals surface area contributed by atoms with Crippen molar-refractivity contribution in [3.63, 3.8) is 0 Å². The fourth-order valence-electron chi connectivity index (χ4n) is 2.77. The first-order valence-corrected chi connectivity index (χ1v) is 17.4. The summed E-state index contributed by atoms with van der Waals surface area (Å²) in [5, 5.41) is 10.1. The number of rotatable bonds is 12. The molecular formula is C7H9O23P6-11. The van der Waals surface area contributed by atoms with E-state index in [1.807, 2.05) is 0 Å². The summed E-state index contributed by atoms with van der Waals surface area (Å²) in [4.78, 5) is 133. The summed E-state index contributed by atoms with van der Waals surface area (Å²) in [7, 11) is -38.6. The number of aliphatic hydroxyl groups excluding tert-OH is 1. The van der Waals surface area contributed by atoms with E-state index in [-0.39, 0.29) is 0 Å². The molecule has 0 amide bonds. The number of phosphoric acid groups is 4. The second-order valence-corrected chi connectivity index (χ2v) is 14.7. The molecule has 0 aliphatic heterocycles. The van der Waals surface area contributed by atoms with Crippen LogP contribution in [0.4, 0.5) is 0 Å². The smallest absolute Gasteiger partial charge is 0.171 e. The maximum Gasteiger partial charge on any atom is 0.171 e. The predicted molar refractivity (Wildman–Crippen MR) is 80.2 cm³/mol. The Kier molecular flexibility index (Phi) is 11.4. The molecule has 1 aliphatic rings. The lowest BCUT2D eigenvalue weighted by Crippen LogP contribution is -2.67. The molecule has 1 fully saturated rings. The minimum absolute atomic E-state index is 2.53. The van der Waals surface area contributed by atoms with Crippen LogP contribution in [0.15, 0.2) is 0 Å². The van der Waals surface area contributed by atoms with Gasteiger partial charge in [-0.05, 0) is 0 Å². The number of hydrogen-bond donors (Lipinski definition) is 1. The van der Waals surface area contributed by atoms with Gasteiger partial charge in [0.1, 0.15) is 42.5 Å². The summed E-state index contributed by atoms with van der Waals surface area (Å²) in [5.41, 5.74) is 0. The molecule has 0 saturated heterocycles. The predicted octanol–water partition coefficient (Wildman–Crippen LogP) is -11.0. The van der Waals surface area contributed by atoms with E-state index in [0.717, 1.165) is 0 Å². The van der Waals surface area contributed by atoms with Crippen LogP contribution < -0.4 is 58.7 Å². The number of hydrogen-bond acceptors (Lipinski definition) is 23. The molecule has 1 saturated carbocycles. The molecule has 0 spiro atoms. The van der Waals surface area contributed by atoms with Gasteiger partial charge in [0, 0.05) is 0 Å². The van der Waals surface area contributed by atoms with Gasteiger partial charge < -0.3 is 109 Å². The van der Waals surface area contributed by atoms with Crippen LogP contribution in [0.1, 0.15) is 0 Å². The Morgan fingerprint density at radius 1 is 0.528 bits per heavy atom. The molecule has 36 heavy (non-hydrogen) atoms. The zero-order valence-corrected chi connectivity index (χ0v) is 21.6.